The van der Waals surface area contributed by atoms with Crippen LogP contribution >= 0.6 is 0 Å². The largest absolute Gasteiger partial charge is 0.510 e. The van der Waals surface area contributed by atoms with Crippen LogP contribution in [0.15, 0.2) is 260 Å². The maximum Gasteiger partial charge on any atom is 0.268 e. The Hall–Kier alpha value is -9.67. The summed E-state index contributed by atoms with van der Waals surface area (Å²) in [5.41, 5.74) is -1.29. The Labute approximate surface area is 561 Å². The van der Waals surface area contributed by atoms with Crippen molar-refractivity contribution in [3.63, 3.8) is 0 Å². The standard InChI is InChI=1S/C81H64N4O.Pt/c1-54-43-78(82-52-72(54)59-29-18-11-19-30-59)85-74-34-21-20-33-69(74)70-41-40-68(51-76(70)85)86-67-32-22-31-66(50-67)83-53-84(75-42-37-60(49-77(75)83)58-35-38-65(39-36-58)80(2,3)4)79-71(47-63(48-73(79)81(5,6)7)57-27-16-10-17-28-57)64-45-61(55-23-12-8-13-24-55)44-62(46-64)56-25-14-9-15-26-56;/h8-49,52H,1-7H3;/q-2;/i1D3,8D,9D,10D,11D,12D,13D,14D,15D,16D,17D,18D,19D,23D,24D,25D,26D,27D,28D,29D,30D,44D,45D,46D;. The Balaban J connectivity index is 0.0000112. The van der Waals surface area contributed by atoms with Crippen molar-refractivity contribution in [3.05, 3.63) is 296 Å². The number of para-hydroxylation sites is 1. The van der Waals surface area contributed by atoms with Gasteiger partial charge >= 0.3 is 0 Å². The summed E-state index contributed by atoms with van der Waals surface area (Å²) in [5, 5.41) is 1.36. The summed E-state index contributed by atoms with van der Waals surface area (Å²) < 4.78 is 246. The molecule has 426 valence electrons. The molecular formula is C81H64N4OPt-2. The molecule has 0 amide bonds. The minimum absolute atomic E-state index is 0. The molecule has 0 fully saturated rings. The molecule has 0 aliphatic carbocycles. The summed E-state index contributed by atoms with van der Waals surface area (Å²) in [4.78, 5) is 4.71. The predicted octanol–water partition coefficient (Wildman–Crippen LogP) is 20.5. The predicted molar refractivity (Wildman–Crippen MR) is 355 cm³/mol. The van der Waals surface area contributed by atoms with Gasteiger partial charge in [0.05, 0.1) is 48.2 Å². The maximum absolute atomic E-state index is 10.5. The van der Waals surface area contributed by atoms with Crippen molar-refractivity contribution in [2.75, 3.05) is 0 Å². The second-order valence-electron chi connectivity index (χ2n) is 22.5. The summed E-state index contributed by atoms with van der Waals surface area (Å²) in [6.07, 6.45) is 4.72. The van der Waals surface area contributed by atoms with E-state index in [-0.39, 0.29) is 94.1 Å². The minimum atomic E-state index is -2.89. The Bertz CT molecular complexity index is 6200. The first kappa shape index (κ1) is 33.9. The number of aryl methyl sites for hydroxylation is 1. The monoisotopic (exact) mass is 1330 g/mol. The van der Waals surface area contributed by atoms with Crippen LogP contribution in [0.5, 0.6) is 11.5 Å². The van der Waals surface area contributed by atoms with E-state index in [1.807, 2.05) is 69.3 Å². The number of hydrogen-bond acceptors (Lipinski definition) is 2. The number of hydrogen-bond donors (Lipinski definition) is 0. The number of benzene rings is 11. The molecule has 0 saturated heterocycles. The topological polar surface area (TPSA) is 35.9 Å². The zero-order valence-corrected chi connectivity index (χ0v) is 49.8. The Morgan fingerprint density at radius 1 is 0.494 bits per heavy atom. The molecule has 0 saturated carbocycles. The van der Waals surface area contributed by atoms with Crippen molar-refractivity contribution in [2.45, 2.75) is 59.2 Å². The number of ether oxygens (including phenoxy) is 1. The zero-order valence-electron chi connectivity index (χ0n) is 73.6. The zero-order chi connectivity index (χ0) is 81.2. The fourth-order valence-electron chi connectivity index (χ4n) is 10.6. The Morgan fingerprint density at radius 3 is 1.75 bits per heavy atom. The van der Waals surface area contributed by atoms with E-state index in [9.17, 15) is 12.3 Å². The third kappa shape index (κ3) is 10.9. The van der Waals surface area contributed by atoms with E-state index in [0.29, 0.717) is 38.4 Å². The molecule has 3 aromatic heterocycles. The van der Waals surface area contributed by atoms with Crippen LogP contribution in [0.1, 0.15) is 93.9 Å². The molecule has 0 bridgehead atoms. The third-order valence-electron chi connectivity index (χ3n) is 14.8. The van der Waals surface area contributed by atoms with Gasteiger partial charge in [-0.15, -0.1) is 29.7 Å². The molecule has 0 unspecified atom stereocenters. The van der Waals surface area contributed by atoms with E-state index in [1.165, 1.54) is 18.3 Å². The fraction of sp³-hybridized carbons (Fsp3) is 0.111. The van der Waals surface area contributed by atoms with Gasteiger partial charge in [-0.25, -0.2) is 4.98 Å². The van der Waals surface area contributed by atoms with Gasteiger partial charge in [0.2, 0.25) is 0 Å². The molecule has 0 spiro atoms. The van der Waals surface area contributed by atoms with Crippen LogP contribution in [-0.4, -0.2) is 14.1 Å². The summed E-state index contributed by atoms with van der Waals surface area (Å²) in [7, 11) is 0. The van der Waals surface area contributed by atoms with Gasteiger partial charge in [-0.2, -0.15) is 18.2 Å². The van der Waals surface area contributed by atoms with Crippen LogP contribution in [0, 0.1) is 25.3 Å². The molecule has 3 heterocycles. The molecule has 0 N–H and O–H groups in total. The summed E-state index contributed by atoms with van der Waals surface area (Å²) in [6, 6.07) is 22.4. The second kappa shape index (κ2) is 23.0. The Morgan fingerprint density at radius 2 is 1.10 bits per heavy atom. The van der Waals surface area contributed by atoms with Gasteiger partial charge in [0, 0.05) is 54.0 Å². The minimum Gasteiger partial charge on any atom is -0.510 e. The van der Waals surface area contributed by atoms with Gasteiger partial charge in [-0.05, 0) is 149 Å². The molecule has 87 heavy (non-hydrogen) atoms. The van der Waals surface area contributed by atoms with Crippen molar-refractivity contribution >= 4 is 32.8 Å². The number of aromatic nitrogens is 4. The van der Waals surface area contributed by atoms with E-state index in [2.05, 4.69) is 39.2 Å². The molecule has 5 nitrogen and oxygen atoms in total. The third-order valence-corrected chi connectivity index (χ3v) is 14.8. The first-order valence-electron chi connectivity index (χ1n) is 40.5. The number of pyridine rings is 1. The Kier molecular flexibility index (Phi) is 8.94. The molecule has 0 radical (unpaired) electrons. The van der Waals surface area contributed by atoms with Crippen molar-refractivity contribution in [1.29, 1.82) is 0 Å². The molecule has 14 rings (SSSR count). The van der Waals surface area contributed by atoms with Crippen LogP contribution in [-0.2, 0) is 31.9 Å². The van der Waals surface area contributed by atoms with Crippen molar-refractivity contribution in [2.24, 2.45) is 0 Å². The quantitative estimate of drug-likeness (QED) is 0.0956. The van der Waals surface area contributed by atoms with Gasteiger partial charge in [0.1, 0.15) is 5.82 Å². The molecule has 11 aromatic carbocycles. The van der Waals surface area contributed by atoms with E-state index < -0.39 is 179 Å². The van der Waals surface area contributed by atoms with Crippen LogP contribution in [0.2, 0.25) is 0 Å². The van der Waals surface area contributed by atoms with E-state index in [1.54, 1.807) is 68.3 Å². The van der Waals surface area contributed by atoms with Gasteiger partial charge in [0.15, 0.2) is 0 Å². The number of imidazole rings is 1. The van der Waals surface area contributed by atoms with E-state index >= 15 is 0 Å². The normalized spacial score (nSPS) is 16.1. The molecule has 14 aromatic rings. The van der Waals surface area contributed by atoms with Crippen LogP contribution in [0.3, 0.4) is 0 Å². The second-order valence-corrected chi connectivity index (χ2v) is 22.5. The van der Waals surface area contributed by atoms with Gasteiger partial charge < -0.3 is 13.9 Å². The van der Waals surface area contributed by atoms with Crippen LogP contribution in [0.25, 0.3) is 117 Å². The first-order valence-corrected chi connectivity index (χ1v) is 27.5. The van der Waals surface area contributed by atoms with Crippen LogP contribution in [0.4, 0.5) is 0 Å². The SMILES string of the molecule is [2H]c1c([2H])c([2H])c(-c2cc(-c3c([2H])c(-c4c([2H])c([2H])c([2H])c([2H])c4[2H])c([2H])c(-c4c([2H])c([2H])c([2H])c([2H])c4[2H])c3[2H])c(-[n+]3[c-]n(-c4[c-]c(Oc5[c-]c6c(cc5)c5ccccc5n6-c5cc(C([2H])([2H])[2H])c(-c6c([2H])c([2H])c([2H])c([2H])c6[2H])cn5)ccc4)c4cc(-c5ccc(C(C)(C)C)cc5)ccc43)c(C(C)(C)C)c2)c([2H])c1[2H].[Pt]. The smallest absolute Gasteiger partial charge is 0.268 e. The van der Waals surface area contributed by atoms with Gasteiger partial charge in [-0.1, -0.05) is 229 Å². The fourth-order valence-corrected chi connectivity index (χ4v) is 10.6. The van der Waals surface area contributed by atoms with E-state index in [4.69, 9.17) is 33.0 Å². The van der Waals surface area contributed by atoms with Crippen molar-refractivity contribution in [3.8, 4) is 95.5 Å². The summed E-state index contributed by atoms with van der Waals surface area (Å²) >= 11 is 0. The summed E-state index contributed by atoms with van der Waals surface area (Å²) in [6.45, 7) is 8.81. The van der Waals surface area contributed by atoms with E-state index in [0.717, 1.165) is 11.1 Å². The number of rotatable bonds is 11. The van der Waals surface area contributed by atoms with Crippen molar-refractivity contribution in [1.82, 2.24) is 14.1 Å². The number of nitrogens with zero attached hydrogens (tertiary/aromatic N) is 4. The molecule has 0 atom stereocenters. The molecule has 0 aliphatic rings. The maximum atomic E-state index is 10.5. The summed E-state index contributed by atoms with van der Waals surface area (Å²) in [5.74, 6) is 0.333. The first-order chi connectivity index (χ1) is 52.6. The molecule has 0 aliphatic heterocycles. The average Bonchev–Trinajstić information content (AvgIpc) is 1.54. The van der Waals surface area contributed by atoms with Crippen LogP contribution < -0.4 is 9.30 Å². The number of fused-ring (bicyclic) bond motifs is 4. The van der Waals surface area contributed by atoms with Crippen molar-refractivity contribution < 1.29 is 66.0 Å². The van der Waals surface area contributed by atoms with Gasteiger partial charge in [0.25, 0.3) is 6.33 Å². The molecular weight excluding hydrogens is 1240 g/mol. The molecule has 6 heteroatoms. The average molecular weight is 1330 g/mol. The van der Waals surface area contributed by atoms with Gasteiger partial charge in [-0.3, -0.25) is 4.57 Å².